The van der Waals surface area contributed by atoms with Crippen molar-refractivity contribution >= 4 is 12.6 Å². The fourth-order valence-corrected chi connectivity index (χ4v) is 1.68. The summed E-state index contributed by atoms with van der Waals surface area (Å²) >= 11 is 0. The van der Waals surface area contributed by atoms with Gasteiger partial charge in [0.15, 0.2) is 0 Å². The van der Waals surface area contributed by atoms with E-state index < -0.39 is 12.9 Å². The lowest BCUT2D eigenvalue weighted by molar-refractivity contribution is 0.305. The van der Waals surface area contributed by atoms with Gasteiger partial charge in [-0.3, -0.25) is 0 Å². The maximum atomic E-state index is 13.2. The van der Waals surface area contributed by atoms with Crippen molar-refractivity contribution in [1.29, 1.82) is 5.26 Å². The second-order valence-electron chi connectivity index (χ2n) is 4.15. The summed E-state index contributed by atoms with van der Waals surface area (Å²) in [5, 5.41) is 27.0. The molecule has 0 atom stereocenters. The first-order valence-electron chi connectivity index (χ1n) is 5.87. The van der Waals surface area contributed by atoms with Crippen molar-refractivity contribution < 1.29 is 19.2 Å². The van der Waals surface area contributed by atoms with Gasteiger partial charge in [-0.1, -0.05) is 18.2 Å². The van der Waals surface area contributed by atoms with E-state index >= 15 is 0 Å². The molecule has 0 bridgehead atoms. The van der Waals surface area contributed by atoms with Gasteiger partial charge in [-0.25, -0.2) is 4.39 Å². The van der Waals surface area contributed by atoms with Crippen molar-refractivity contribution in [2.75, 3.05) is 0 Å². The molecule has 6 heteroatoms. The minimum Gasteiger partial charge on any atom is -0.489 e. The number of hydrogen-bond donors (Lipinski definition) is 2. The van der Waals surface area contributed by atoms with E-state index in [1.165, 1.54) is 6.07 Å². The second-order valence-corrected chi connectivity index (χ2v) is 4.15. The van der Waals surface area contributed by atoms with Gasteiger partial charge in [0.1, 0.15) is 18.2 Å². The van der Waals surface area contributed by atoms with Crippen LogP contribution >= 0.6 is 0 Å². The molecule has 0 radical (unpaired) electrons. The molecule has 0 aromatic heterocycles. The van der Waals surface area contributed by atoms with Gasteiger partial charge in [-0.15, -0.1) is 0 Å². The first kappa shape index (κ1) is 14.1. The number of benzene rings is 2. The summed E-state index contributed by atoms with van der Waals surface area (Å²) in [7, 11) is -1.73. The molecule has 0 aliphatic heterocycles. The van der Waals surface area contributed by atoms with E-state index in [-0.39, 0.29) is 17.8 Å². The molecule has 0 spiro atoms. The van der Waals surface area contributed by atoms with Gasteiger partial charge in [0.05, 0.1) is 11.6 Å². The Kier molecular flexibility index (Phi) is 4.36. The van der Waals surface area contributed by atoms with Crippen LogP contribution in [0.3, 0.4) is 0 Å². The number of rotatable bonds is 4. The molecule has 0 amide bonds. The number of hydrogen-bond acceptors (Lipinski definition) is 4. The molecule has 0 heterocycles. The molecule has 20 heavy (non-hydrogen) atoms. The predicted molar refractivity (Wildman–Crippen MR) is 71.7 cm³/mol. The molecular formula is C14H11BFNO3. The molecule has 100 valence electrons. The zero-order valence-corrected chi connectivity index (χ0v) is 10.5. The number of nitrogens with zero attached hydrogens (tertiary/aromatic N) is 1. The van der Waals surface area contributed by atoms with E-state index in [0.717, 1.165) is 17.7 Å². The number of halogens is 1. The van der Waals surface area contributed by atoms with Crippen molar-refractivity contribution in [3.05, 3.63) is 59.4 Å². The average Bonchev–Trinajstić information content (AvgIpc) is 2.45. The van der Waals surface area contributed by atoms with Crippen molar-refractivity contribution in [3.63, 3.8) is 0 Å². The second kappa shape index (κ2) is 6.19. The molecule has 2 aromatic rings. The largest absolute Gasteiger partial charge is 0.492 e. The smallest absolute Gasteiger partial charge is 0.489 e. The molecule has 0 aliphatic carbocycles. The van der Waals surface area contributed by atoms with Gasteiger partial charge < -0.3 is 14.8 Å². The summed E-state index contributed by atoms with van der Waals surface area (Å²) in [6, 6.07) is 12.2. The van der Waals surface area contributed by atoms with Crippen LogP contribution in [-0.4, -0.2) is 17.2 Å². The molecule has 0 fully saturated rings. The Labute approximate surface area is 115 Å². The van der Waals surface area contributed by atoms with E-state index in [9.17, 15) is 14.4 Å². The van der Waals surface area contributed by atoms with Crippen molar-refractivity contribution in [3.8, 4) is 11.8 Å². The van der Waals surface area contributed by atoms with Crippen LogP contribution in [-0.2, 0) is 6.61 Å². The molecule has 0 aliphatic rings. The lowest BCUT2D eigenvalue weighted by Gasteiger charge is -2.11. The molecule has 2 N–H and O–H groups in total. The Bertz CT molecular complexity index is 638. The molecular weight excluding hydrogens is 260 g/mol. The van der Waals surface area contributed by atoms with Gasteiger partial charge in [-0.05, 0) is 23.8 Å². The van der Waals surface area contributed by atoms with Gasteiger partial charge >= 0.3 is 7.12 Å². The first-order valence-corrected chi connectivity index (χ1v) is 5.87. The van der Waals surface area contributed by atoms with Gasteiger partial charge in [0, 0.05) is 11.5 Å². The summed E-state index contributed by atoms with van der Waals surface area (Å²) < 4.78 is 18.6. The van der Waals surface area contributed by atoms with Crippen LogP contribution in [0, 0.1) is 17.1 Å². The van der Waals surface area contributed by atoms with Crippen LogP contribution in [0.5, 0.6) is 5.75 Å². The summed E-state index contributed by atoms with van der Waals surface area (Å²) in [4.78, 5) is 0. The van der Waals surface area contributed by atoms with Crippen molar-refractivity contribution in [1.82, 2.24) is 0 Å². The van der Waals surface area contributed by atoms with E-state index in [1.54, 1.807) is 24.3 Å². The highest BCUT2D eigenvalue weighted by molar-refractivity contribution is 6.59. The monoisotopic (exact) mass is 271 g/mol. The van der Waals surface area contributed by atoms with Gasteiger partial charge in [0.2, 0.25) is 0 Å². The van der Waals surface area contributed by atoms with Crippen LogP contribution in [0.1, 0.15) is 11.1 Å². The minimum absolute atomic E-state index is 0.0735. The summed E-state index contributed by atoms with van der Waals surface area (Å²) in [5.74, 6) is -0.450. The fraction of sp³-hybridized carbons (Fsp3) is 0.0714. The van der Waals surface area contributed by atoms with E-state index in [1.807, 2.05) is 6.07 Å². The maximum absolute atomic E-state index is 13.2. The quantitative estimate of drug-likeness (QED) is 0.812. The summed E-state index contributed by atoms with van der Waals surface area (Å²) in [6.07, 6.45) is 0. The van der Waals surface area contributed by atoms with E-state index in [0.29, 0.717) is 5.56 Å². The van der Waals surface area contributed by atoms with Crippen LogP contribution in [0.2, 0.25) is 0 Å². The van der Waals surface area contributed by atoms with Gasteiger partial charge in [-0.2, -0.15) is 5.26 Å². The Morgan fingerprint density at radius 1 is 1.15 bits per heavy atom. The molecule has 2 aromatic carbocycles. The Morgan fingerprint density at radius 3 is 2.45 bits per heavy atom. The summed E-state index contributed by atoms with van der Waals surface area (Å²) in [6.45, 7) is 0.134. The highest BCUT2D eigenvalue weighted by Gasteiger charge is 2.17. The lowest BCUT2D eigenvalue weighted by Crippen LogP contribution is -2.31. The van der Waals surface area contributed by atoms with Crippen LogP contribution < -0.4 is 10.2 Å². The third kappa shape index (κ3) is 3.35. The topological polar surface area (TPSA) is 73.5 Å². The van der Waals surface area contributed by atoms with Crippen LogP contribution in [0.15, 0.2) is 42.5 Å². The fourth-order valence-electron chi connectivity index (χ4n) is 1.68. The maximum Gasteiger partial charge on any atom is 0.492 e. The predicted octanol–water partition coefficient (Wildman–Crippen LogP) is 0.956. The number of nitriles is 1. The molecule has 2 rings (SSSR count). The third-order valence-electron chi connectivity index (χ3n) is 2.73. The van der Waals surface area contributed by atoms with E-state index in [2.05, 4.69) is 0 Å². The average molecular weight is 271 g/mol. The molecule has 4 nitrogen and oxygen atoms in total. The molecule has 0 saturated heterocycles. The van der Waals surface area contributed by atoms with Crippen LogP contribution in [0.25, 0.3) is 0 Å². The number of ether oxygens (including phenoxy) is 1. The van der Waals surface area contributed by atoms with Crippen LogP contribution in [0.4, 0.5) is 4.39 Å². The zero-order chi connectivity index (χ0) is 14.5. The third-order valence-corrected chi connectivity index (χ3v) is 2.73. The summed E-state index contributed by atoms with van der Waals surface area (Å²) in [5.41, 5.74) is 1.41. The lowest BCUT2D eigenvalue weighted by atomic mass is 9.79. The highest BCUT2D eigenvalue weighted by atomic mass is 19.1. The first-order chi connectivity index (χ1) is 9.60. The minimum atomic E-state index is -1.73. The normalized spacial score (nSPS) is 9.90. The zero-order valence-electron chi connectivity index (χ0n) is 10.5. The molecule has 0 saturated carbocycles. The van der Waals surface area contributed by atoms with E-state index in [4.69, 9.17) is 10.00 Å². The SMILES string of the molecule is N#Cc1ccc(COc2cc(F)ccc2B(O)O)cc1. The Hall–Kier alpha value is -2.36. The highest BCUT2D eigenvalue weighted by Crippen LogP contribution is 2.13. The van der Waals surface area contributed by atoms with Crippen molar-refractivity contribution in [2.45, 2.75) is 6.61 Å². The van der Waals surface area contributed by atoms with Gasteiger partial charge in [0.25, 0.3) is 0 Å². The molecule has 0 unspecified atom stereocenters. The Balaban J connectivity index is 2.13. The van der Waals surface area contributed by atoms with Crippen molar-refractivity contribution in [2.24, 2.45) is 0 Å². The Morgan fingerprint density at radius 2 is 1.85 bits per heavy atom. The standard InChI is InChI=1S/C14H11BFNO3/c16-12-5-6-13(15(18)19)14(7-12)20-9-11-3-1-10(8-17)2-4-11/h1-7,18-19H,9H2.